The van der Waals surface area contributed by atoms with Gasteiger partial charge in [0.25, 0.3) is 0 Å². The molecule has 0 spiro atoms. The van der Waals surface area contributed by atoms with Gasteiger partial charge in [-0.05, 0) is 67.6 Å². The Balaban J connectivity index is 1.86. The number of hydrogen-bond acceptors (Lipinski definition) is 5. The van der Waals surface area contributed by atoms with E-state index in [9.17, 15) is 14.7 Å². The molecule has 6 nitrogen and oxygen atoms in total. The summed E-state index contributed by atoms with van der Waals surface area (Å²) >= 11 is 6.94. The standard InChI is InChI=1S/C20H22N2O4S2/c1-10-4-7-13-15(8-10)28-17(16(13)19(25)26-3)22-20(27)21-14-9-12(18(23)24)6-5-11(14)2/h5-6,9-10H,4,7-8H2,1-3H3,(H,23,24)(H2,21,22,27). The molecule has 0 amide bonds. The molecule has 0 aliphatic heterocycles. The molecule has 1 aromatic heterocycles. The molecule has 28 heavy (non-hydrogen) atoms. The zero-order valence-electron chi connectivity index (χ0n) is 15.9. The maximum atomic E-state index is 12.4. The summed E-state index contributed by atoms with van der Waals surface area (Å²) in [6.45, 7) is 4.07. The number of aromatic carboxylic acids is 1. The van der Waals surface area contributed by atoms with Crippen LogP contribution in [0.4, 0.5) is 10.7 Å². The highest BCUT2D eigenvalue weighted by Crippen LogP contribution is 2.40. The van der Waals surface area contributed by atoms with E-state index < -0.39 is 5.97 Å². The van der Waals surface area contributed by atoms with Crippen molar-refractivity contribution in [1.29, 1.82) is 0 Å². The summed E-state index contributed by atoms with van der Waals surface area (Å²) in [5, 5.41) is 16.3. The Bertz CT molecular complexity index is 952. The zero-order chi connectivity index (χ0) is 20.4. The van der Waals surface area contributed by atoms with Crippen LogP contribution in [0, 0.1) is 12.8 Å². The van der Waals surface area contributed by atoms with E-state index in [1.165, 1.54) is 29.4 Å². The molecule has 8 heteroatoms. The molecule has 2 aromatic rings. The first kappa shape index (κ1) is 20.3. The number of methoxy groups -OCH3 is 1. The number of carbonyl (C=O) groups excluding carboxylic acids is 1. The number of carboxylic acid groups (broad SMARTS) is 1. The van der Waals surface area contributed by atoms with E-state index >= 15 is 0 Å². The molecule has 0 radical (unpaired) electrons. The molecular weight excluding hydrogens is 396 g/mol. The smallest absolute Gasteiger partial charge is 0.341 e. The lowest BCUT2D eigenvalue weighted by Gasteiger charge is -2.18. The van der Waals surface area contributed by atoms with Crippen LogP contribution in [-0.2, 0) is 17.6 Å². The normalized spacial score (nSPS) is 15.5. The maximum Gasteiger partial charge on any atom is 0.341 e. The van der Waals surface area contributed by atoms with Crippen molar-refractivity contribution in [3.63, 3.8) is 0 Å². The average Bonchev–Trinajstić information content (AvgIpc) is 2.99. The summed E-state index contributed by atoms with van der Waals surface area (Å²) < 4.78 is 4.99. The van der Waals surface area contributed by atoms with E-state index in [1.807, 2.05) is 6.92 Å². The second-order valence-electron chi connectivity index (χ2n) is 6.96. The fourth-order valence-corrected chi connectivity index (χ4v) is 4.98. The summed E-state index contributed by atoms with van der Waals surface area (Å²) in [5.41, 5.74) is 3.24. The van der Waals surface area contributed by atoms with Gasteiger partial charge in [-0.2, -0.15) is 0 Å². The Morgan fingerprint density at radius 3 is 2.75 bits per heavy atom. The predicted molar refractivity (Wildman–Crippen MR) is 115 cm³/mol. The third kappa shape index (κ3) is 4.18. The summed E-state index contributed by atoms with van der Waals surface area (Å²) in [4.78, 5) is 24.8. The van der Waals surface area contributed by atoms with Crippen molar-refractivity contribution in [2.75, 3.05) is 17.7 Å². The monoisotopic (exact) mass is 418 g/mol. The molecule has 3 rings (SSSR count). The molecule has 148 valence electrons. The molecule has 1 aromatic carbocycles. The number of anilines is 2. The summed E-state index contributed by atoms with van der Waals surface area (Å²) in [6.07, 6.45) is 2.82. The van der Waals surface area contributed by atoms with Crippen LogP contribution < -0.4 is 10.6 Å². The Kier molecular flexibility index (Phi) is 6.00. The number of hydrogen-bond donors (Lipinski definition) is 3. The van der Waals surface area contributed by atoms with E-state index in [0.717, 1.165) is 30.4 Å². The van der Waals surface area contributed by atoms with E-state index in [4.69, 9.17) is 17.0 Å². The number of benzene rings is 1. The second-order valence-corrected chi connectivity index (χ2v) is 8.47. The lowest BCUT2D eigenvalue weighted by Crippen LogP contribution is -2.21. The van der Waals surface area contributed by atoms with Gasteiger partial charge in [-0.25, -0.2) is 9.59 Å². The van der Waals surface area contributed by atoms with Crippen molar-refractivity contribution in [2.24, 2.45) is 5.92 Å². The highest BCUT2D eigenvalue weighted by Gasteiger charge is 2.28. The minimum atomic E-state index is -1.00. The van der Waals surface area contributed by atoms with Gasteiger partial charge >= 0.3 is 11.9 Å². The summed E-state index contributed by atoms with van der Waals surface area (Å²) in [5.74, 6) is -0.799. The molecule has 0 saturated heterocycles. The topological polar surface area (TPSA) is 87.7 Å². The van der Waals surface area contributed by atoms with Crippen molar-refractivity contribution in [3.05, 3.63) is 45.3 Å². The highest BCUT2D eigenvalue weighted by atomic mass is 32.1. The summed E-state index contributed by atoms with van der Waals surface area (Å²) in [7, 11) is 1.37. The number of fused-ring (bicyclic) bond motifs is 1. The van der Waals surface area contributed by atoms with Crippen LogP contribution in [0.25, 0.3) is 0 Å². The second kappa shape index (κ2) is 8.28. The summed E-state index contributed by atoms with van der Waals surface area (Å²) in [6, 6.07) is 4.80. The lowest BCUT2D eigenvalue weighted by molar-refractivity contribution is 0.0600. The number of esters is 1. The van der Waals surface area contributed by atoms with Gasteiger partial charge in [-0.1, -0.05) is 13.0 Å². The van der Waals surface area contributed by atoms with Crippen molar-refractivity contribution in [2.45, 2.75) is 33.1 Å². The molecule has 1 aliphatic rings. The van der Waals surface area contributed by atoms with Gasteiger partial charge < -0.3 is 20.5 Å². The van der Waals surface area contributed by atoms with Crippen LogP contribution in [0.1, 0.15) is 50.1 Å². The number of nitrogens with one attached hydrogen (secondary N) is 2. The van der Waals surface area contributed by atoms with E-state index in [0.29, 0.717) is 27.3 Å². The third-order valence-electron chi connectivity index (χ3n) is 4.86. The first-order chi connectivity index (χ1) is 13.3. The van der Waals surface area contributed by atoms with Gasteiger partial charge in [0.1, 0.15) is 5.00 Å². The Hall–Kier alpha value is -2.45. The van der Waals surface area contributed by atoms with Crippen LogP contribution in [0.15, 0.2) is 18.2 Å². The number of thiocarbonyl (C=S) groups is 1. The largest absolute Gasteiger partial charge is 0.478 e. The van der Waals surface area contributed by atoms with Gasteiger partial charge in [-0.3, -0.25) is 0 Å². The fourth-order valence-electron chi connectivity index (χ4n) is 3.30. The minimum Gasteiger partial charge on any atom is -0.478 e. The number of aryl methyl sites for hydroxylation is 1. The number of carboxylic acids is 1. The first-order valence-electron chi connectivity index (χ1n) is 8.95. The number of carbonyl (C=O) groups is 2. The molecular formula is C20H22N2O4S2. The Morgan fingerprint density at radius 1 is 1.32 bits per heavy atom. The van der Waals surface area contributed by atoms with Crippen molar-refractivity contribution >= 4 is 51.3 Å². The SMILES string of the molecule is COC(=O)c1c(NC(=S)Nc2cc(C(=O)O)ccc2C)sc2c1CCC(C)C2. The van der Waals surface area contributed by atoms with Gasteiger partial charge in [0, 0.05) is 10.6 Å². The molecule has 0 fully saturated rings. The number of ether oxygens (including phenoxy) is 1. The van der Waals surface area contributed by atoms with Crippen LogP contribution in [-0.4, -0.2) is 29.3 Å². The zero-order valence-corrected chi connectivity index (χ0v) is 17.6. The first-order valence-corrected chi connectivity index (χ1v) is 10.2. The molecule has 1 heterocycles. The molecule has 3 N–H and O–H groups in total. The van der Waals surface area contributed by atoms with Crippen molar-refractivity contribution in [1.82, 2.24) is 0 Å². The maximum absolute atomic E-state index is 12.4. The van der Waals surface area contributed by atoms with Gasteiger partial charge in [0.2, 0.25) is 0 Å². The van der Waals surface area contributed by atoms with Crippen LogP contribution in [0.2, 0.25) is 0 Å². The van der Waals surface area contributed by atoms with Crippen LogP contribution in [0.3, 0.4) is 0 Å². The molecule has 1 atom stereocenters. The van der Waals surface area contributed by atoms with Crippen molar-refractivity contribution in [3.8, 4) is 0 Å². The van der Waals surface area contributed by atoms with E-state index in [1.54, 1.807) is 12.1 Å². The predicted octanol–water partition coefficient (Wildman–Crippen LogP) is 4.48. The molecule has 0 bridgehead atoms. The number of rotatable bonds is 4. The minimum absolute atomic E-state index is 0.173. The molecule has 0 saturated carbocycles. The quantitative estimate of drug-likeness (QED) is 0.498. The van der Waals surface area contributed by atoms with Gasteiger partial charge in [0.05, 0.1) is 18.2 Å². The Morgan fingerprint density at radius 2 is 2.07 bits per heavy atom. The lowest BCUT2D eigenvalue weighted by atomic mass is 9.88. The Labute approximate surface area is 172 Å². The fraction of sp³-hybridized carbons (Fsp3) is 0.350. The molecule has 1 aliphatic carbocycles. The number of thiophene rings is 1. The van der Waals surface area contributed by atoms with Crippen LogP contribution in [0.5, 0.6) is 0 Å². The highest BCUT2D eigenvalue weighted by molar-refractivity contribution is 7.80. The average molecular weight is 419 g/mol. The van der Waals surface area contributed by atoms with E-state index in [2.05, 4.69) is 17.6 Å². The van der Waals surface area contributed by atoms with Crippen molar-refractivity contribution < 1.29 is 19.4 Å². The van der Waals surface area contributed by atoms with Gasteiger partial charge in [0.15, 0.2) is 5.11 Å². The van der Waals surface area contributed by atoms with Gasteiger partial charge in [-0.15, -0.1) is 11.3 Å². The molecule has 1 unspecified atom stereocenters. The third-order valence-corrected chi connectivity index (χ3v) is 6.23. The van der Waals surface area contributed by atoms with Crippen LogP contribution >= 0.6 is 23.6 Å². The van der Waals surface area contributed by atoms with E-state index in [-0.39, 0.29) is 11.5 Å².